The first-order chi connectivity index (χ1) is 8.09. The van der Waals surface area contributed by atoms with Crippen molar-refractivity contribution in [3.8, 4) is 0 Å². The van der Waals surface area contributed by atoms with E-state index in [1.54, 1.807) is 0 Å². The Morgan fingerprint density at radius 2 is 1.82 bits per heavy atom. The molecule has 0 saturated heterocycles. The number of hydrogen-bond donors (Lipinski definition) is 3. The lowest BCUT2D eigenvalue weighted by atomic mass is 9.81. The Hall–Kier alpha value is -0.540. The Morgan fingerprint density at radius 1 is 1.18 bits per heavy atom. The van der Waals surface area contributed by atoms with E-state index in [0.29, 0.717) is 0 Å². The maximum Gasteiger partial charge on any atom is 0.0923 e. The topological polar surface area (TPSA) is 36.1 Å². The molecule has 0 aromatic rings. The van der Waals surface area contributed by atoms with E-state index in [-0.39, 0.29) is 5.66 Å². The Morgan fingerprint density at radius 3 is 2.29 bits per heavy atom. The second-order valence-electron chi connectivity index (χ2n) is 5.40. The van der Waals surface area contributed by atoms with Crippen LogP contribution < -0.4 is 16.0 Å². The van der Waals surface area contributed by atoms with E-state index in [1.165, 1.54) is 43.4 Å². The molecule has 0 aromatic heterocycles. The summed E-state index contributed by atoms with van der Waals surface area (Å²) in [6.45, 7) is 4.59. The second-order valence-corrected chi connectivity index (χ2v) is 5.40. The van der Waals surface area contributed by atoms with Crippen LogP contribution in [-0.4, -0.2) is 26.8 Å². The van der Waals surface area contributed by atoms with Crippen LogP contribution in [0.25, 0.3) is 0 Å². The lowest BCUT2D eigenvalue weighted by Gasteiger charge is -2.41. The van der Waals surface area contributed by atoms with E-state index >= 15 is 0 Å². The van der Waals surface area contributed by atoms with Gasteiger partial charge in [-0.05, 0) is 57.7 Å². The molecule has 0 radical (unpaired) electrons. The van der Waals surface area contributed by atoms with Crippen molar-refractivity contribution in [3.05, 3.63) is 11.3 Å². The molecule has 0 heterocycles. The van der Waals surface area contributed by atoms with Crippen LogP contribution in [-0.2, 0) is 0 Å². The molecule has 100 valence electrons. The molecule has 0 aliphatic heterocycles. The van der Waals surface area contributed by atoms with Crippen LogP contribution in [0.3, 0.4) is 0 Å². The Labute approximate surface area is 106 Å². The van der Waals surface area contributed by atoms with E-state index in [0.717, 1.165) is 5.92 Å². The minimum Gasteiger partial charge on any atom is -0.391 e. The monoisotopic (exact) mass is 239 g/mol. The van der Waals surface area contributed by atoms with Gasteiger partial charge in [0.2, 0.25) is 0 Å². The van der Waals surface area contributed by atoms with Gasteiger partial charge in [0.05, 0.1) is 5.66 Å². The summed E-state index contributed by atoms with van der Waals surface area (Å²) < 4.78 is 0. The maximum absolute atomic E-state index is 3.50. The molecule has 0 bridgehead atoms. The predicted octanol–water partition coefficient (Wildman–Crippen LogP) is 2.22. The Kier molecular flexibility index (Phi) is 5.47. The van der Waals surface area contributed by atoms with Gasteiger partial charge in [-0.1, -0.05) is 13.8 Å². The van der Waals surface area contributed by atoms with Crippen molar-refractivity contribution in [2.75, 3.05) is 21.1 Å². The highest BCUT2D eigenvalue weighted by Crippen LogP contribution is 2.33. The fourth-order valence-corrected chi connectivity index (χ4v) is 2.84. The van der Waals surface area contributed by atoms with Crippen LogP contribution in [0.4, 0.5) is 0 Å². The molecule has 0 atom stereocenters. The van der Waals surface area contributed by atoms with Gasteiger partial charge in [0, 0.05) is 12.7 Å². The molecule has 0 aromatic carbocycles. The molecule has 1 aliphatic carbocycles. The molecule has 3 heteroatoms. The van der Waals surface area contributed by atoms with Crippen LogP contribution >= 0.6 is 0 Å². The molecule has 3 nitrogen and oxygen atoms in total. The summed E-state index contributed by atoms with van der Waals surface area (Å²) in [4.78, 5) is 0. The standard InChI is InChI=1S/C14H29N3/c1-11(2)8-9-12-13(15-3)7-6-10-14(12,16-4)17-5/h11,15-17H,6-10H2,1-5H3. The van der Waals surface area contributed by atoms with E-state index in [1.807, 2.05) is 7.05 Å². The number of allylic oxidation sites excluding steroid dienone is 1. The highest BCUT2D eigenvalue weighted by Gasteiger charge is 2.35. The van der Waals surface area contributed by atoms with E-state index in [9.17, 15) is 0 Å². The quantitative estimate of drug-likeness (QED) is 0.622. The van der Waals surface area contributed by atoms with Crippen LogP contribution in [0, 0.1) is 5.92 Å². The van der Waals surface area contributed by atoms with Gasteiger partial charge >= 0.3 is 0 Å². The van der Waals surface area contributed by atoms with Crippen LogP contribution in [0.5, 0.6) is 0 Å². The molecule has 3 N–H and O–H groups in total. The lowest BCUT2D eigenvalue weighted by Crippen LogP contribution is -2.57. The van der Waals surface area contributed by atoms with Crippen molar-refractivity contribution in [3.63, 3.8) is 0 Å². The third-order valence-corrected chi connectivity index (χ3v) is 3.99. The van der Waals surface area contributed by atoms with Gasteiger partial charge in [-0.25, -0.2) is 0 Å². The summed E-state index contributed by atoms with van der Waals surface area (Å²) in [7, 11) is 6.17. The second kappa shape index (κ2) is 6.41. The van der Waals surface area contributed by atoms with E-state index in [4.69, 9.17) is 0 Å². The highest BCUT2D eigenvalue weighted by atomic mass is 15.2. The van der Waals surface area contributed by atoms with Crippen LogP contribution in [0.1, 0.15) is 46.0 Å². The van der Waals surface area contributed by atoms with Crippen LogP contribution in [0.15, 0.2) is 11.3 Å². The molecule has 0 fully saturated rings. The lowest BCUT2D eigenvalue weighted by molar-refractivity contribution is 0.285. The minimum atomic E-state index is 0.00544. The molecule has 0 amide bonds. The summed E-state index contributed by atoms with van der Waals surface area (Å²) in [5.74, 6) is 0.758. The van der Waals surface area contributed by atoms with Gasteiger partial charge in [-0.2, -0.15) is 0 Å². The van der Waals surface area contributed by atoms with Crippen molar-refractivity contribution >= 4 is 0 Å². The summed E-state index contributed by atoms with van der Waals surface area (Å²) in [5.41, 5.74) is 2.97. The summed E-state index contributed by atoms with van der Waals surface area (Å²) >= 11 is 0. The zero-order valence-corrected chi connectivity index (χ0v) is 12.1. The average molecular weight is 239 g/mol. The summed E-state index contributed by atoms with van der Waals surface area (Å²) in [5, 5.41) is 10.4. The molecular formula is C14H29N3. The zero-order valence-electron chi connectivity index (χ0n) is 12.1. The zero-order chi connectivity index (χ0) is 12.9. The highest BCUT2D eigenvalue weighted by molar-refractivity contribution is 5.27. The molecule has 0 unspecified atom stereocenters. The Balaban J connectivity index is 2.95. The number of nitrogens with one attached hydrogen (secondary N) is 3. The fourth-order valence-electron chi connectivity index (χ4n) is 2.84. The fraction of sp³-hybridized carbons (Fsp3) is 0.857. The molecular weight excluding hydrogens is 210 g/mol. The minimum absolute atomic E-state index is 0.00544. The normalized spacial score (nSPS) is 19.9. The molecule has 17 heavy (non-hydrogen) atoms. The van der Waals surface area contributed by atoms with Crippen molar-refractivity contribution in [2.24, 2.45) is 5.92 Å². The van der Waals surface area contributed by atoms with Gasteiger partial charge < -0.3 is 5.32 Å². The largest absolute Gasteiger partial charge is 0.391 e. The van der Waals surface area contributed by atoms with Crippen LogP contribution in [0.2, 0.25) is 0 Å². The van der Waals surface area contributed by atoms with Gasteiger partial charge in [0.1, 0.15) is 0 Å². The third kappa shape index (κ3) is 3.23. The van der Waals surface area contributed by atoms with Gasteiger partial charge in [-0.3, -0.25) is 10.6 Å². The molecule has 0 spiro atoms. The first-order valence-corrected chi connectivity index (χ1v) is 6.87. The van der Waals surface area contributed by atoms with Crippen molar-refractivity contribution in [2.45, 2.75) is 51.6 Å². The first-order valence-electron chi connectivity index (χ1n) is 6.87. The maximum atomic E-state index is 3.50. The van der Waals surface area contributed by atoms with Gasteiger partial charge in [0.25, 0.3) is 0 Å². The van der Waals surface area contributed by atoms with Crippen molar-refractivity contribution in [1.82, 2.24) is 16.0 Å². The summed E-state index contributed by atoms with van der Waals surface area (Å²) in [6, 6.07) is 0. The predicted molar refractivity (Wildman–Crippen MR) is 74.9 cm³/mol. The molecule has 0 saturated carbocycles. The van der Waals surface area contributed by atoms with Gasteiger partial charge in [0.15, 0.2) is 0 Å². The molecule has 1 aliphatic rings. The van der Waals surface area contributed by atoms with Crippen molar-refractivity contribution in [1.29, 1.82) is 0 Å². The van der Waals surface area contributed by atoms with Gasteiger partial charge in [-0.15, -0.1) is 0 Å². The SMILES string of the molecule is CNC1=C(CCC(C)C)C(NC)(NC)CCC1. The van der Waals surface area contributed by atoms with E-state index in [2.05, 4.69) is 43.9 Å². The number of rotatable bonds is 6. The number of hydrogen-bond acceptors (Lipinski definition) is 3. The summed E-state index contributed by atoms with van der Waals surface area (Å²) in [6.07, 6.45) is 6.04. The molecule has 1 rings (SSSR count). The third-order valence-electron chi connectivity index (χ3n) is 3.99. The van der Waals surface area contributed by atoms with E-state index < -0.39 is 0 Å². The number of likely N-dealkylation sites (N-methyl/N-ethyl adjacent to an activating group) is 2. The van der Waals surface area contributed by atoms with Crippen molar-refractivity contribution < 1.29 is 0 Å². The smallest absolute Gasteiger partial charge is 0.0923 e. The Bertz CT molecular complexity index is 265. The average Bonchev–Trinajstić information content (AvgIpc) is 2.35. The first kappa shape index (κ1) is 14.5.